The molecule has 0 aromatic heterocycles. The van der Waals surface area contributed by atoms with Crippen LogP contribution in [0.25, 0.3) is 0 Å². The second-order valence-electron chi connectivity index (χ2n) is 4.17. The van der Waals surface area contributed by atoms with Gasteiger partial charge in [0.25, 0.3) is 5.91 Å². The predicted octanol–water partition coefficient (Wildman–Crippen LogP) is -0.275. The van der Waals surface area contributed by atoms with E-state index in [1.807, 2.05) is 0 Å². The minimum atomic E-state index is -1.13. The van der Waals surface area contributed by atoms with Gasteiger partial charge in [-0.3, -0.25) is 4.79 Å². The van der Waals surface area contributed by atoms with E-state index in [9.17, 15) is 23.8 Å². The lowest BCUT2D eigenvalue weighted by molar-refractivity contribution is 0.0572. The standard InChI is InChI=1S/C11H12F2N2O3/c12-5-1-2-6(14)10(13)9(5)11(18)15-3-7(16)8(17)4-15/h1-2,7-8,16-17H,3-4,14H2. The average molecular weight is 258 g/mol. The number of anilines is 1. The molecular formula is C11H12F2N2O3. The highest BCUT2D eigenvalue weighted by Gasteiger charge is 2.35. The molecule has 7 heteroatoms. The molecule has 98 valence electrons. The van der Waals surface area contributed by atoms with Crippen molar-refractivity contribution in [3.05, 3.63) is 29.3 Å². The molecule has 1 amide bonds. The molecule has 0 radical (unpaired) electrons. The first-order valence-corrected chi connectivity index (χ1v) is 5.30. The number of nitrogens with two attached hydrogens (primary N) is 1. The number of halogens is 2. The van der Waals surface area contributed by atoms with Gasteiger partial charge in [0.1, 0.15) is 11.4 Å². The van der Waals surface area contributed by atoms with E-state index in [0.29, 0.717) is 0 Å². The Morgan fingerprint density at radius 1 is 1.28 bits per heavy atom. The molecule has 0 saturated carbocycles. The summed E-state index contributed by atoms with van der Waals surface area (Å²) >= 11 is 0. The molecule has 1 aliphatic heterocycles. The molecule has 1 heterocycles. The summed E-state index contributed by atoms with van der Waals surface area (Å²) in [5, 5.41) is 18.6. The van der Waals surface area contributed by atoms with Gasteiger partial charge in [0.05, 0.1) is 17.9 Å². The number of rotatable bonds is 1. The van der Waals surface area contributed by atoms with Crippen LogP contribution in [0.2, 0.25) is 0 Å². The maximum atomic E-state index is 13.6. The predicted molar refractivity (Wildman–Crippen MR) is 58.7 cm³/mol. The number of nitrogen functional groups attached to an aromatic ring is 1. The van der Waals surface area contributed by atoms with Gasteiger partial charge < -0.3 is 20.8 Å². The summed E-state index contributed by atoms with van der Waals surface area (Å²) in [7, 11) is 0. The number of carbonyl (C=O) groups is 1. The molecule has 2 unspecified atom stereocenters. The van der Waals surface area contributed by atoms with Gasteiger partial charge in [-0.15, -0.1) is 0 Å². The number of aliphatic hydroxyl groups is 2. The number of aliphatic hydroxyl groups excluding tert-OH is 2. The van der Waals surface area contributed by atoms with Crippen molar-refractivity contribution in [3.63, 3.8) is 0 Å². The SMILES string of the molecule is Nc1ccc(F)c(C(=O)N2CC(O)C(O)C2)c1F. The fourth-order valence-electron chi connectivity index (χ4n) is 1.86. The third kappa shape index (κ3) is 2.02. The van der Waals surface area contributed by atoms with Crippen LogP contribution in [-0.2, 0) is 0 Å². The topological polar surface area (TPSA) is 86.8 Å². The van der Waals surface area contributed by atoms with Crippen LogP contribution in [0.15, 0.2) is 12.1 Å². The lowest BCUT2D eigenvalue weighted by Gasteiger charge is -2.16. The summed E-state index contributed by atoms with van der Waals surface area (Å²) in [6.45, 7) is -0.346. The van der Waals surface area contributed by atoms with Crippen molar-refractivity contribution < 1.29 is 23.8 Å². The molecule has 1 aromatic rings. The van der Waals surface area contributed by atoms with Gasteiger partial charge in [-0.2, -0.15) is 0 Å². The minimum absolute atomic E-state index is 0.173. The maximum absolute atomic E-state index is 13.6. The van der Waals surface area contributed by atoms with E-state index in [2.05, 4.69) is 0 Å². The first-order valence-electron chi connectivity index (χ1n) is 5.30. The van der Waals surface area contributed by atoms with E-state index in [1.54, 1.807) is 0 Å². The Balaban J connectivity index is 2.33. The van der Waals surface area contributed by atoms with Gasteiger partial charge >= 0.3 is 0 Å². The molecule has 0 spiro atoms. The van der Waals surface area contributed by atoms with Crippen molar-refractivity contribution >= 4 is 11.6 Å². The molecule has 0 aliphatic carbocycles. The summed E-state index contributed by atoms with van der Waals surface area (Å²) < 4.78 is 27.1. The fourth-order valence-corrected chi connectivity index (χ4v) is 1.86. The Morgan fingerprint density at radius 2 is 1.83 bits per heavy atom. The summed E-state index contributed by atoms with van der Waals surface area (Å²) in [5.74, 6) is -3.09. The van der Waals surface area contributed by atoms with Gasteiger partial charge in [0.2, 0.25) is 0 Å². The molecule has 2 atom stereocenters. The lowest BCUT2D eigenvalue weighted by atomic mass is 10.1. The van der Waals surface area contributed by atoms with Crippen LogP contribution in [0.1, 0.15) is 10.4 Å². The Hall–Kier alpha value is -1.73. The Morgan fingerprint density at radius 3 is 2.39 bits per heavy atom. The van der Waals surface area contributed by atoms with E-state index < -0.39 is 35.3 Å². The smallest absolute Gasteiger partial charge is 0.260 e. The number of β-amino-alcohol motifs (C(OH)–C–C–N with tert-alkyl or cyclic N) is 2. The van der Waals surface area contributed by atoms with Crippen LogP contribution in [0, 0.1) is 11.6 Å². The second kappa shape index (κ2) is 4.51. The summed E-state index contributed by atoms with van der Waals surface area (Å²) in [6.07, 6.45) is -2.22. The number of nitrogens with zero attached hydrogens (tertiary/aromatic N) is 1. The largest absolute Gasteiger partial charge is 0.396 e. The van der Waals surface area contributed by atoms with Crippen LogP contribution in [0.5, 0.6) is 0 Å². The average Bonchev–Trinajstić information content (AvgIpc) is 2.65. The van der Waals surface area contributed by atoms with E-state index in [1.165, 1.54) is 0 Å². The fraction of sp³-hybridized carbons (Fsp3) is 0.364. The van der Waals surface area contributed by atoms with Crippen LogP contribution in [0.4, 0.5) is 14.5 Å². The second-order valence-corrected chi connectivity index (χ2v) is 4.17. The third-order valence-electron chi connectivity index (χ3n) is 2.88. The van der Waals surface area contributed by atoms with E-state index in [-0.39, 0.29) is 18.8 Å². The highest BCUT2D eigenvalue weighted by molar-refractivity contribution is 5.96. The zero-order chi connectivity index (χ0) is 13.4. The van der Waals surface area contributed by atoms with Crippen molar-refractivity contribution in [2.75, 3.05) is 18.8 Å². The van der Waals surface area contributed by atoms with Gasteiger partial charge in [-0.1, -0.05) is 0 Å². The van der Waals surface area contributed by atoms with E-state index in [0.717, 1.165) is 17.0 Å². The molecule has 1 aliphatic rings. The van der Waals surface area contributed by atoms with Gasteiger partial charge in [0, 0.05) is 13.1 Å². The Bertz CT molecular complexity index is 485. The molecule has 1 fully saturated rings. The first-order chi connectivity index (χ1) is 8.41. The van der Waals surface area contributed by atoms with Crippen molar-refractivity contribution in [1.82, 2.24) is 4.90 Å². The molecule has 4 N–H and O–H groups in total. The monoisotopic (exact) mass is 258 g/mol. The molecular weight excluding hydrogens is 246 g/mol. The number of benzene rings is 1. The molecule has 18 heavy (non-hydrogen) atoms. The summed E-state index contributed by atoms with van der Waals surface area (Å²) in [5.41, 5.74) is 4.17. The van der Waals surface area contributed by atoms with Gasteiger partial charge in [-0.25, -0.2) is 8.78 Å². The molecule has 0 bridgehead atoms. The molecule has 5 nitrogen and oxygen atoms in total. The molecule has 1 aromatic carbocycles. The van der Waals surface area contributed by atoms with Crippen molar-refractivity contribution in [3.8, 4) is 0 Å². The number of hydrogen-bond donors (Lipinski definition) is 3. The Labute approximate surface area is 101 Å². The third-order valence-corrected chi connectivity index (χ3v) is 2.88. The maximum Gasteiger partial charge on any atom is 0.260 e. The minimum Gasteiger partial charge on any atom is -0.396 e. The van der Waals surface area contributed by atoms with E-state index in [4.69, 9.17) is 5.73 Å². The lowest BCUT2D eigenvalue weighted by Crippen LogP contribution is -2.31. The number of hydrogen-bond acceptors (Lipinski definition) is 4. The zero-order valence-electron chi connectivity index (χ0n) is 9.31. The zero-order valence-corrected chi connectivity index (χ0v) is 9.31. The normalized spacial score (nSPS) is 23.4. The Kier molecular flexibility index (Phi) is 3.18. The van der Waals surface area contributed by atoms with Gasteiger partial charge in [-0.05, 0) is 12.1 Å². The highest BCUT2D eigenvalue weighted by Crippen LogP contribution is 2.22. The van der Waals surface area contributed by atoms with Crippen molar-refractivity contribution in [1.29, 1.82) is 0 Å². The van der Waals surface area contributed by atoms with Crippen LogP contribution >= 0.6 is 0 Å². The molecule has 1 saturated heterocycles. The number of amides is 1. The first kappa shape index (κ1) is 12.7. The molecule has 2 rings (SSSR count). The van der Waals surface area contributed by atoms with Gasteiger partial charge in [0.15, 0.2) is 5.82 Å². The van der Waals surface area contributed by atoms with Crippen molar-refractivity contribution in [2.45, 2.75) is 12.2 Å². The summed E-state index contributed by atoms with van der Waals surface area (Å²) in [6, 6.07) is 1.92. The quantitative estimate of drug-likeness (QED) is 0.605. The van der Waals surface area contributed by atoms with Crippen LogP contribution in [-0.4, -0.2) is 46.3 Å². The number of likely N-dealkylation sites (tertiary alicyclic amines) is 1. The highest BCUT2D eigenvalue weighted by atomic mass is 19.1. The van der Waals surface area contributed by atoms with Crippen LogP contribution < -0.4 is 5.73 Å². The van der Waals surface area contributed by atoms with E-state index >= 15 is 0 Å². The van der Waals surface area contributed by atoms with Crippen LogP contribution in [0.3, 0.4) is 0 Å². The van der Waals surface area contributed by atoms with Crippen molar-refractivity contribution in [2.24, 2.45) is 0 Å². The number of carbonyl (C=O) groups excluding carboxylic acids is 1. The summed E-state index contributed by atoms with van der Waals surface area (Å²) in [4.78, 5) is 12.9.